The minimum atomic E-state index is 0.363. The van der Waals surface area contributed by atoms with E-state index in [-0.39, 0.29) is 0 Å². The molecule has 1 N–H and O–H groups in total. The summed E-state index contributed by atoms with van der Waals surface area (Å²) in [7, 11) is 0. The number of anilines is 1. The van der Waals surface area contributed by atoms with Gasteiger partial charge in [-0.3, -0.25) is 0 Å². The molecule has 0 heterocycles. The van der Waals surface area contributed by atoms with E-state index in [0.717, 1.165) is 10.8 Å². The molecule has 1 aromatic rings. The molecule has 0 fully saturated rings. The molecule has 0 amide bonds. The highest BCUT2D eigenvalue weighted by Crippen LogP contribution is 2.19. The molecule has 0 unspecified atom stereocenters. The Balaban J connectivity index is 2.35. The van der Waals surface area contributed by atoms with Crippen molar-refractivity contribution in [1.82, 2.24) is 5.12 Å². The lowest BCUT2D eigenvalue weighted by molar-refractivity contribution is 0.0372. The number of nitrogens with one attached hydrogen (secondary N) is 1. The van der Waals surface area contributed by atoms with Gasteiger partial charge in [-0.2, -0.15) is 0 Å². The van der Waals surface area contributed by atoms with Crippen LogP contribution in [0.4, 0.5) is 10.2 Å². The van der Waals surface area contributed by atoms with E-state index in [1.54, 1.807) is 13.0 Å². The largest absolute Gasteiger partial charge is 0.382 e. The lowest BCUT2D eigenvalue weighted by Gasteiger charge is -2.11. The van der Waals surface area contributed by atoms with Gasteiger partial charge in [0.25, 0.3) is 0 Å². The number of rotatable bonds is 5. The molecule has 0 aliphatic heterocycles. The summed E-state index contributed by atoms with van der Waals surface area (Å²) >= 11 is 5.90. The molecular formula is C10H14ClFN2. The van der Waals surface area contributed by atoms with Crippen molar-refractivity contribution >= 4 is 17.3 Å². The molecule has 1 rings (SSSR count). The lowest BCUT2D eigenvalue weighted by Crippen LogP contribution is -2.21. The summed E-state index contributed by atoms with van der Waals surface area (Å²) < 4.78 is 12.7. The van der Waals surface area contributed by atoms with Crippen molar-refractivity contribution in [2.45, 2.75) is 6.92 Å². The zero-order valence-electron chi connectivity index (χ0n) is 8.13. The SMILES string of the molecule is CCN(F)CCNc1ccccc1Cl. The van der Waals surface area contributed by atoms with Crippen molar-refractivity contribution in [3.63, 3.8) is 0 Å². The summed E-state index contributed by atoms with van der Waals surface area (Å²) in [5.74, 6) is 0. The van der Waals surface area contributed by atoms with Gasteiger partial charge in [0, 0.05) is 19.6 Å². The normalized spacial score (nSPS) is 10.6. The van der Waals surface area contributed by atoms with E-state index in [4.69, 9.17) is 11.6 Å². The first-order valence-corrected chi connectivity index (χ1v) is 5.01. The first-order valence-electron chi connectivity index (χ1n) is 4.63. The van der Waals surface area contributed by atoms with E-state index in [1.807, 2.05) is 18.2 Å². The summed E-state index contributed by atoms with van der Waals surface area (Å²) in [6, 6.07) is 7.43. The van der Waals surface area contributed by atoms with Crippen molar-refractivity contribution in [3.8, 4) is 0 Å². The minimum Gasteiger partial charge on any atom is -0.382 e. The quantitative estimate of drug-likeness (QED) is 0.762. The monoisotopic (exact) mass is 216 g/mol. The Kier molecular flexibility index (Phi) is 4.70. The number of hydrogen-bond acceptors (Lipinski definition) is 2. The summed E-state index contributed by atoms with van der Waals surface area (Å²) in [4.78, 5) is 0. The fourth-order valence-corrected chi connectivity index (χ4v) is 1.28. The maximum absolute atomic E-state index is 12.7. The fourth-order valence-electron chi connectivity index (χ4n) is 1.07. The molecule has 0 aliphatic carbocycles. The van der Waals surface area contributed by atoms with Gasteiger partial charge in [-0.05, 0) is 19.1 Å². The third-order valence-electron chi connectivity index (χ3n) is 1.89. The highest BCUT2D eigenvalue weighted by molar-refractivity contribution is 6.33. The van der Waals surface area contributed by atoms with E-state index in [9.17, 15) is 4.48 Å². The maximum atomic E-state index is 12.7. The summed E-state index contributed by atoms with van der Waals surface area (Å²) in [5.41, 5.74) is 0.846. The van der Waals surface area contributed by atoms with Crippen LogP contribution in [0.2, 0.25) is 5.02 Å². The van der Waals surface area contributed by atoms with Crippen molar-refractivity contribution in [2.24, 2.45) is 0 Å². The van der Waals surface area contributed by atoms with Crippen LogP contribution in [0.5, 0.6) is 0 Å². The number of likely N-dealkylation sites (N-methyl/N-ethyl adjacent to an activating group) is 1. The number of nitrogens with zero attached hydrogens (tertiary/aromatic N) is 1. The van der Waals surface area contributed by atoms with Gasteiger partial charge in [-0.15, -0.1) is 9.60 Å². The van der Waals surface area contributed by atoms with Crippen LogP contribution in [-0.2, 0) is 0 Å². The van der Waals surface area contributed by atoms with Gasteiger partial charge in [0.1, 0.15) is 0 Å². The molecule has 0 saturated heterocycles. The van der Waals surface area contributed by atoms with Crippen LogP contribution in [-0.4, -0.2) is 24.8 Å². The first kappa shape index (κ1) is 11.3. The van der Waals surface area contributed by atoms with E-state index in [1.165, 1.54) is 0 Å². The fraction of sp³-hybridized carbons (Fsp3) is 0.400. The molecule has 0 aliphatic rings. The smallest absolute Gasteiger partial charge is 0.0637 e. The summed E-state index contributed by atoms with van der Waals surface area (Å²) in [5, 5.41) is 4.48. The van der Waals surface area contributed by atoms with Gasteiger partial charge in [-0.1, -0.05) is 23.7 Å². The highest BCUT2D eigenvalue weighted by Gasteiger charge is 2.00. The molecule has 14 heavy (non-hydrogen) atoms. The van der Waals surface area contributed by atoms with E-state index in [2.05, 4.69) is 5.32 Å². The molecule has 2 nitrogen and oxygen atoms in total. The summed E-state index contributed by atoms with van der Waals surface area (Å²) in [6.07, 6.45) is 0. The van der Waals surface area contributed by atoms with Crippen LogP contribution in [0, 0.1) is 0 Å². The van der Waals surface area contributed by atoms with Crippen LogP contribution in [0.1, 0.15) is 6.92 Å². The molecule has 0 spiro atoms. The predicted molar refractivity (Wildman–Crippen MR) is 58.3 cm³/mol. The third kappa shape index (κ3) is 3.52. The molecule has 0 bridgehead atoms. The molecule has 0 aromatic heterocycles. The Morgan fingerprint density at radius 1 is 1.43 bits per heavy atom. The Morgan fingerprint density at radius 2 is 2.14 bits per heavy atom. The number of benzene rings is 1. The molecule has 78 valence electrons. The zero-order valence-corrected chi connectivity index (χ0v) is 8.89. The van der Waals surface area contributed by atoms with Gasteiger partial charge in [-0.25, -0.2) is 0 Å². The Bertz CT molecular complexity index is 281. The molecule has 1 aromatic carbocycles. The minimum absolute atomic E-state index is 0.363. The second-order valence-corrected chi connectivity index (χ2v) is 3.32. The average molecular weight is 217 g/mol. The van der Waals surface area contributed by atoms with Crippen LogP contribution < -0.4 is 5.32 Å². The molecule has 4 heteroatoms. The van der Waals surface area contributed by atoms with Gasteiger partial charge >= 0.3 is 0 Å². The van der Waals surface area contributed by atoms with Crippen LogP contribution in [0.25, 0.3) is 0 Å². The molecule has 0 saturated carbocycles. The van der Waals surface area contributed by atoms with Crippen molar-refractivity contribution in [3.05, 3.63) is 29.3 Å². The Morgan fingerprint density at radius 3 is 2.79 bits per heavy atom. The second kappa shape index (κ2) is 5.83. The van der Waals surface area contributed by atoms with E-state index < -0.39 is 0 Å². The number of halogens is 2. The predicted octanol–water partition coefficient (Wildman–Crippen LogP) is 2.96. The standard InChI is InChI=1S/C10H14ClFN2/c1-2-14(12)8-7-13-10-6-4-3-5-9(10)11/h3-6,13H,2,7-8H2,1H3. The number of para-hydroxylation sites is 1. The molecule has 0 atom stereocenters. The second-order valence-electron chi connectivity index (χ2n) is 2.91. The topological polar surface area (TPSA) is 15.3 Å². The van der Waals surface area contributed by atoms with Gasteiger partial charge < -0.3 is 5.32 Å². The van der Waals surface area contributed by atoms with Crippen LogP contribution >= 0.6 is 11.6 Å². The van der Waals surface area contributed by atoms with Gasteiger partial charge in [0.15, 0.2) is 0 Å². The van der Waals surface area contributed by atoms with Crippen molar-refractivity contribution < 1.29 is 4.48 Å². The first-order chi connectivity index (χ1) is 6.74. The third-order valence-corrected chi connectivity index (χ3v) is 2.22. The summed E-state index contributed by atoms with van der Waals surface area (Å²) in [6.45, 7) is 3.09. The van der Waals surface area contributed by atoms with Crippen molar-refractivity contribution in [2.75, 3.05) is 25.0 Å². The van der Waals surface area contributed by atoms with Gasteiger partial charge in [0.05, 0.1) is 10.7 Å². The lowest BCUT2D eigenvalue weighted by atomic mass is 10.3. The van der Waals surface area contributed by atoms with E-state index in [0.29, 0.717) is 24.7 Å². The molecular weight excluding hydrogens is 203 g/mol. The Labute approximate surface area is 88.6 Å². The average Bonchev–Trinajstić information content (AvgIpc) is 2.20. The number of hydrogen-bond donors (Lipinski definition) is 1. The van der Waals surface area contributed by atoms with E-state index >= 15 is 0 Å². The van der Waals surface area contributed by atoms with Crippen LogP contribution in [0.3, 0.4) is 0 Å². The van der Waals surface area contributed by atoms with Gasteiger partial charge in [0.2, 0.25) is 0 Å². The highest BCUT2D eigenvalue weighted by atomic mass is 35.5. The zero-order chi connectivity index (χ0) is 10.4. The maximum Gasteiger partial charge on any atom is 0.0637 e. The van der Waals surface area contributed by atoms with Crippen molar-refractivity contribution in [1.29, 1.82) is 0 Å². The molecule has 0 radical (unpaired) electrons. The Hall–Kier alpha value is -0.800. The van der Waals surface area contributed by atoms with Crippen LogP contribution in [0.15, 0.2) is 24.3 Å².